The van der Waals surface area contributed by atoms with Gasteiger partial charge in [-0.25, -0.2) is 0 Å². The van der Waals surface area contributed by atoms with Gasteiger partial charge >= 0.3 is 0 Å². The van der Waals surface area contributed by atoms with Crippen LogP contribution in [0, 0.1) is 0 Å². The largest absolute Gasteiger partial charge is 0.379 e. The van der Waals surface area contributed by atoms with Gasteiger partial charge < -0.3 is 18.9 Å². The summed E-state index contributed by atoms with van der Waals surface area (Å²) in [6.07, 6.45) is 2.14. The first kappa shape index (κ1) is 14.8. The lowest BCUT2D eigenvalue weighted by Crippen LogP contribution is -2.23. The Kier molecular flexibility index (Phi) is 11.8. The van der Waals surface area contributed by atoms with E-state index < -0.39 is 6.48 Å². The van der Waals surface area contributed by atoms with Crippen LogP contribution in [0.4, 0.5) is 0 Å². The Labute approximate surface area is 92.8 Å². The molecule has 0 N–H and O–H groups in total. The molecule has 4 nitrogen and oxygen atoms in total. The smallest absolute Gasteiger partial charge is 0.271 e. The van der Waals surface area contributed by atoms with Crippen molar-refractivity contribution in [2.45, 2.75) is 40.1 Å². The molecule has 0 amide bonds. The van der Waals surface area contributed by atoms with Crippen molar-refractivity contribution in [1.82, 2.24) is 0 Å². The van der Waals surface area contributed by atoms with Crippen LogP contribution >= 0.6 is 0 Å². The standard InChI is InChI=1S/C11H24O4/c1-4-7-8-14-11(13-6-3)15-10-9-12-5-2/h11H,4-10H2,1-3H3. The highest BCUT2D eigenvalue weighted by Crippen LogP contribution is 2.00. The second-order valence-electron chi connectivity index (χ2n) is 3.04. The summed E-state index contributed by atoms with van der Waals surface area (Å²) in [6, 6.07) is 0. The zero-order valence-electron chi connectivity index (χ0n) is 10.2. The number of ether oxygens (including phenoxy) is 4. The van der Waals surface area contributed by atoms with Crippen molar-refractivity contribution in [2.75, 3.05) is 33.0 Å². The van der Waals surface area contributed by atoms with Crippen molar-refractivity contribution >= 4 is 0 Å². The summed E-state index contributed by atoms with van der Waals surface area (Å²) >= 11 is 0. The van der Waals surface area contributed by atoms with E-state index in [-0.39, 0.29) is 0 Å². The maximum Gasteiger partial charge on any atom is 0.271 e. The third-order valence-electron chi connectivity index (χ3n) is 1.74. The Bertz CT molecular complexity index is 119. The maximum absolute atomic E-state index is 5.40. The molecule has 0 saturated heterocycles. The number of hydrogen-bond donors (Lipinski definition) is 0. The van der Waals surface area contributed by atoms with Crippen LogP contribution in [0.5, 0.6) is 0 Å². The average Bonchev–Trinajstić information content (AvgIpc) is 2.24. The first-order valence-corrected chi connectivity index (χ1v) is 5.77. The lowest BCUT2D eigenvalue weighted by molar-refractivity contribution is -0.289. The lowest BCUT2D eigenvalue weighted by Gasteiger charge is -2.17. The summed E-state index contributed by atoms with van der Waals surface area (Å²) in [6.45, 7) is 8.51. The molecule has 0 aliphatic heterocycles. The van der Waals surface area contributed by atoms with Crippen molar-refractivity contribution in [3.05, 3.63) is 0 Å². The Hall–Kier alpha value is -0.160. The Morgan fingerprint density at radius 3 is 2.13 bits per heavy atom. The van der Waals surface area contributed by atoms with E-state index >= 15 is 0 Å². The number of unbranched alkanes of at least 4 members (excludes halogenated alkanes) is 1. The molecule has 0 aliphatic rings. The van der Waals surface area contributed by atoms with Crippen LogP contribution in [-0.4, -0.2) is 39.5 Å². The zero-order chi connectivity index (χ0) is 11.4. The van der Waals surface area contributed by atoms with Crippen molar-refractivity contribution in [3.8, 4) is 0 Å². The van der Waals surface area contributed by atoms with Gasteiger partial charge in [0.1, 0.15) is 0 Å². The Morgan fingerprint density at radius 2 is 1.53 bits per heavy atom. The van der Waals surface area contributed by atoms with Crippen molar-refractivity contribution in [1.29, 1.82) is 0 Å². The van der Waals surface area contributed by atoms with Crippen molar-refractivity contribution < 1.29 is 18.9 Å². The van der Waals surface area contributed by atoms with Crippen LogP contribution in [0.25, 0.3) is 0 Å². The monoisotopic (exact) mass is 220 g/mol. The minimum Gasteiger partial charge on any atom is -0.379 e. The molecule has 0 aromatic rings. The zero-order valence-corrected chi connectivity index (χ0v) is 10.2. The van der Waals surface area contributed by atoms with Gasteiger partial charge in [0.15, 0.2) is 0 Å². The third-order valence-corrected chi connectivity index (χ3v) is 1.74. The van der Waals surface area contributed by atoms with E-state index in [1.54, 1.807) is 0 Å². The summed E-state index contributed by atoms with van der Waals surface area (Å²) in [7, 11) is 0. The predicted octanol–water partition coefficient (Wildman–Crippen LogP) is 2.18. The molecule has 0 saturated carbocycles. The normalized spacial score (nSPS) is 13.0. The van der Waals surface area contributed by atoms with Gasteiger partial charge in [-0.2, -0.15) is 0 Å². The predicted molar refractivity (Wildman–Crippen MR) is 58.7 cm³/mol. The Balaban J connectivity index is 3.44. The van der Waals surface area contributed by atoms with E-state index in [0.29, 0.717) is 33.0 Å². The molecule has 0 fully saturated rings. The molecule has 0 rings (SSSR count). The number of hydrogen-bond acceptors (Lipinski definition) is 4. The summed E-state index contributed by atoms with van der Waals surface area (Å²) in [4.78, 5) is 0. The van der Waals surface area contributed by atoms with Crippen LogP contribution in [0.1, 0.15) is 33.6 Å². The molecule has 1 atom stereocenters. The highest BCUT2D eigenvalue weighted by atomic mass is 16.8. The topological polar surface area (TPSA) is 36.9 Å². The van der Waals surface area contributed by atoms with E-state index in [1.807, 2.05) is 13.8 Å². The highest BCUT2D eigenvalue weighted by molar-refractivity contribution is 4.34. The first-order chi connectivity index (χ1) is 7.35. The molecule has 0 heterocycles. The highest BCUT2D eigenvalue weighted by Gasteiger charge is 2.07. The molecule has 15 heavy (non-hydrogen) atoms. The van der Waals surface area contributed by atoms with Gasteiger partial charge in [-0.1, -0.05) is 13.3 Å². The van der Waals surface area contributed by atoms with Gasteiger partial charge in [-0.3, -0.25) is 0 Å². The van der Waals surface area contributed by atoms with Crippen LogP contribution in [0.15, 0.2) is 0 Å². The van der Waals surface area contributed by atoms with E-state index in [9.17, 15) is 0 Å². The summed E-state index contributed by atoms with van der Waals surface area (Å²) in [5.74, 6) is 0. The third kappa shape index (κ3) is 10.1. The van der Waals surface area contributed by atoms with Gasteiger partial charge in [-0.15, -0.1) is 0 Å². The van der Waals surface area contributed by atoms with E-state index in [4.69, 9.17) is 18.9 Å². The van der Waals surface area contributed by atoms with Crippen molar-refractivity contribution in [2.24, 2.45) is 0 Å². The average molecular weight is 220 g/mol. The molecular formula is C11H24O4. The molecule has 4 heteroatoms. The van der Waals surface area contributed by atoms with Gasteiger partial charge in [0.2, 0.25) is 0 Å². The van der Waals surface area contributed by atoms with Crippen LogP contribution in [0.3, 0.4) is 0 Å². The second kappa shape index (κ2) is 11.9. The second-order valence-corrected chi connectivity index (χ2v) is 3.04. The fraction of sp³-hybridized carbons (Fsp3) is 1.00. The van der Waals surface area contributed by atoms with E-state index in [0.717, 1.165) is 12.8 Å². The molecule has 0 aliphatic carbocycles. The van der Waals surface area contributed by atoms with Gasteiger partial charge in [0, 0.05) is 13.2 Å². The van der Waals surface area contributed by atoms with Crippen LogP contribution in [-0.2, 0) is 18.9 Å². The maximum atomic E-state index is 5.40. The molecule has 0 aromatic carbocycles. The lowest BCUT2D eigenvalue weighted by atomic mass is 10.4. The molecule has 1 unspecified atom stereocenters. The molecule has 92 valence electrons. The van der Waals surface area contributed by atoms with Gasteiger partial charge in [0.05, 0.1) is 19.8 Å². The van der Waals surface area contributed by atoms with E-state index in [1.165, 1.54) is 0 Å². The molecule has 0 spiro atoms. The summed E-state index contributed by atoms with van der Waals surface area (Å²) in [5, 5.41) is 0. The minimum atomic E-state index is -0.540. The minimum absolute atomic E-state index is 0.505. The van der Waals surface area contributed by atoms with Gasteiger partial charge in [-0.05, 0) is 20.3 Å². The molecule has 0 aromatic heterocycles. The van der Waals surface area contributed by atoms with Crippen LogP contribution in [0.2, 0.25) is 0 Å². The quantitative estimate of drug-likeness (QED) is 0.395. The molecule has 0 radical (unpaired) electrons. The fourth-order valence-electron chi connectivity index (χ4n) is 0.952. The molecular weight excluding hydrogens is 196 g/mol. The number of rotatable bonds is 11. The SMILES string of the molecule is CCCCOC(OCC)OCCOCC. The first-order valence-electron chi connectivity index (χ1n) is 5.77. The van der Waals surface area contributed by atoms with Gasteiger partial charge in [0.25, 0.3) is 6.48 Å². The summed E-state index contributed by atoms with van der Waals surface area (Å²) in [5.41, 5.74) is 0. The van der Waals surface area contributed by atoms with Crippen molar-refractivity contribution in [3.63, 3.8) is 0 Å². The summed E-state index contributed by atoms with van der Waals surface area (Å²) < 4.78 is 21.2. The van der Waals surface area contributed by atoms with E-state index in [2.05, 4.69) is 6.92 Å². The molecule has 0 bridgehead atoms. The van der Waals surface area contributed by atoms with Crippen LogP contribution < -0.4 is 0 Å². The Morgan fingerprint density at radius 1 is 0.800 bits per heavy atom. The fourth-order valence-corrected chi connectivity index (χ4v) is 0.952.